The van der Waals surface area contributed by atoms with E-state index in [1.165, 1.54) is 38.5 Å². The van der Waals surface area contributed by atoms with Crippen molar-refractivity contribution in [2.24, 2.45) is 58.2 Å². The number of esters is 1. The lowest BCUT2D eigenvalue weighted by molar-refractivity contribution is -0.168. The predicted octanol–water partition coefficient (Wildman–Crippen LogP) is 5.27. The maximum atomic E-state index is 13.8. The van der Waals surface area contributed by atoms with Gasteiger partial charge in [0, 0.05) is 23.5 Å². The van der Waals surface area contributed by atoms with E-state index in [9.17, 15) is 9.59 Å². The first-order chi connectivity index (χ1) is 15.8. The van der Waals surface area contributed by atoms with E-state index in [4.69, 9.17) is 4.74 Å². The molecule has 33 heavy (non-hydrogen) atoms. The summed E-state index contributed by atoms with van der Waals surface area (Å²) in [4.78, 5) is 25.7. The zero-order valence-electron chi connectivity index (χ0n) is 20.4. The van der Waals surface area contributed by atoms with Crippen molar-refractivity contribution in [1.29, 1.82) is 0 Å². The Morgan fingerprint density at radius 1 is 0.939 bits per heavy atom. The van der Waals surface area contributed by atoms with Crippen molar-refractivity contribution in [2.75, 3.05) is 0 Å². The Kier molecular flexibility index (Phi) is 4.52. The van der Waals surface area contributed by atoms with Crippen molar-refractivity contribution in [3.05, 3.63) is 12.2 Å². The van der Waals surface area contributed by atoms with E-state index in [0.29, 0.717) is 29.7 Å². The lowest BCUT2D eigenvalue weighted by Crippen LogP contribution is -2.58. The van der Waals surface area contributed by atoms with Gasteiger partial charge in [0.05, 0.1) is 0 Å². The third-order valence-electron chi connectivity index (χ3n) is 12.4. The number of amides is 1. The van der Waals surface area contributed by atoms with Crippen LogP contribution in [0.3, 0.4) is 0 Å². The average molecular weight is 452 g/mol. The number of hydrogen-bond acceptors (Lipinski definition) is 3. The number of fused-ring (bicyclic) bond motifs is 5. The van der Waals surface area contributed by atoms with Crippen LogP contribution >= 0.6 is 0 Å². The summed E-state index contributed by atoms with van der Waals surface area (Å²) in [6, 6.07) is 0.459. The van der Waals surface area contributed by atoms with Crippen LogP contribution in [0.5, 0.6) is 0 Å². The van der Waals surface area contributed by atoms with Gasteiger partial charge >= 0.3 is 5.97 Å². The third kappa shape index (κ3) is 2.94. The van der Waals surface area contributed by atoms with Gasteiger partial charge in [-0.3, -0.25) is 4.79 Å². The van der Waals surface area contributed by atoms with Gasteiger partial charge in [-0.2, -0.15) is 0 Å². The highest BCUT2D eigenvalue weighted by molar-refractivity contribution is 5.83. The van der Waals surface area contributed by atoms with Gasteiger partial charge in [-0.25, -0.2) is 4.79 Å². The number of rotatable bonds is 2. The molecule has 0 spiro atoms. The van der Waals surface area contributed by atoms with Gasteiger partial charge in [-0.1, -0.05) is 19.9 Å². The molecule has 0 aromatic carbocycles. The Balaban J connectivity index is 1.09. The lowest BCUT2D eigenvalue weighted by atomic mass is 9.48. The van der Waals surface area contributed by atoms with Crippen LogP contribution in [0, 0.1) is 58.2 Å². The Bertz CT molecular complexity index is 867. The van der Waals surface area contributed by atoms with Gasteiger partial charge in [0.2, 0.25) is 5.91 Å². The van der Waals surface area contributed by atoms with Crippen LogP contribution in [0.2, 0.25) is 0 Å². The van der Waals surface area contributed by atoms with Crippen LogP contribution in [-0.4, -0.2) is 24.0 Å². The van der Waals surface area contributed by atoms with E-state index >= 15 is 0 Å². The molecule has 1 heterocycles. The minimum absolute atomic E-state index is 0.0289. The quantitative estimate of drug-likeness (QED) is 0.582. The van der Waals surface area contributed by atoms with Crippen LogP contribution in [0.1, 0.15) is 84.5 Å². The fourth-order valence-corrected chi connectivity index (χ4v) is 11.1. The molecule has 0 radical (unpaired) electrons. The molecule has 8 aliphatic rings. The fraction of sp³-hybridized carbons (Fsp3) is 0.862. The van der Waals surface area contributed by atoms with Crippen molar-refractivity contribution in [2.45, 2.75) is 96.6 Å². The summed E-state index contributed by atoms with van der Waals surface area (Å²) in [5, 5.41) is 3.68. The minimum Gasteiger partial charge on any atom is -0.458 e. The molecule has 7 atom stereocenters. The Hall–Kier alpha value is -1.32. The number of carbonyl (C=O) groups excluding carboxylic acids is 2. The highest BCUT2D eigenvalue weighted by atomic mass is 16.5. The lowest BCUT2D eigenvalue weighted by Gasteiger charge is -2.58. The molecule has 7 fully saturated rings. The maximum absolute atomic E-state index is 13.8. The van der Waals surface area contributed by atoms with Crippen LogP contribution in [-0.2, 0) is 14.3 Å². The molecule has 4 bridgehead atoms. The first kappa shape index (κ1) is 21.0. The van der Waals surface area contributed by atoms with Crippen molar-refractivity contribution in [3.63, 3.8) is 0 Å². The summed E-state index contributed by atoms with van der Waals surface area (Å²) >= 11 is 0. The largest absolute Gasteiger partial charge is 0.458 e. The average Bonchev–Trinajstić information content (AvgIpc) is 3.13. The SMILES string of the molecule is C[C@]12C=CC(=O)O[C@@H]1CC[C@@H]1[C@@H]2CC[C@]2(C)[C@@H](C(=O)NC3C4CC5CC(C4)CC3C5)CC[C@@H]12. The normalized spacial score (nSPS) is 56.0. The molecule has 180 valence electrons. The van der Waals surface area contributed by atoms with Crippen LogP contribution < -0.4 is 5.32 Å². The third-order valence-corrected chi connectivity index (χ3v) is 12.4. The van der Waals surface area contributed by atoms with E-state index in [1.807, 2.05) is 0 Å². The summed E-state index contributed by atoms with van der Waals surface area (Å²) < 4.78 is 5.78. The molecule has 0 aromatic heterocycles. The highest BCUT2D eigenvalue weighted by Crippen LogP contribution is 2.65. The van der Waals surface area contributed by atoms with Crippen molar-refractivity contribution in [3.8, 4) is 0 Å². The molecule has 1 amide bonds. The zero-order chi connectivity index (χ0) is 22.5. The molecule has 7 aliphatic carbocycles. The van der Waals surface area contributed by atoms with Gasteiger partial charge in [-0.15, -0.1) is 0 Å². The zero-order valence-corrected chi connectivity index (χ0v) is 20.4. The van der Waals surface area contributed by atoms with Crippen LogP contribution in [0.25, 0.3) is 0 Å². The van der Waals surface area contributed by atoms with Gasteiger partial charge in [0.15, 0.2) is 0 Å². The summed E-state index contributed by atoms with van der Waals surface area (Å²) in [6.45, 7) is 4.78. The molecule has 1 aliphatic heterocycles. The summed E-state index contributed by atoms with van der Waals surface area (Å²) in [5.74, 6) is 5.68. The molecule has 4 nitrogen and oxygen atoms in total. The monoisotopic (exact) mass is 451 g/mol. The molecule has 1 N–H and O–H groups in total. The Morgan fingerprint density at radius 2 is 1.67 bits per heavy atom. The van der Waals surface area contributed by atoms with Crippen molar-refractivity contribution in [1.82, 2.24) is 5.32 Å². The summed E-state index contributed by atoms with van der Waals surface area (Å²) in [6.07, 6.45) is 17.5. The molecule has 4 heteroatoms. The fourth-order valence-electron chi connectivity index (χ4n) is 11.1. The standard InChI is InChI=1S/C29H41NO3/c1-28-9-7-22-20(3-6-24-29(22,2)10-8-25(31)33-24)21(28)4-5-23(28)27(32)30-26-18-12-16-11-17(14-18)15-19(26)13-16/h8,10,16-24,26H,3-7,9,11-15H2,1-2H3,(H,30,32)/t16?,17?,18?,19?,20-,21-,22-,23+,24+,26?,28-,29+/m0/s1. The number of carbonyl (C=O) groups is 2. The first-order valence-electron chi connectivity index (χ1n) is 14.1. The van der Waals surface area contributed by atoms with E-state index in [2.05, 4.69) is 25.2 Å². The van der Waals surface area contributed by atoms with Gasteiger partial charge < -0.3 is 10.1 Å². The Morgan fingerprint density at radius 3 is 2.39 bits per heavy atom. The Labute approximate surface area is 198 Å². The molecular formula is C29H41NO3. The number of nitrogens with one attached hydrogen (secondary N) is 1. The van der Waals surface area contributed by atoms with Crippen molar-refractivity contribution >= 4 is 11.9 Å². The topological polar surface area (TPSA) is 55.4 Å². The maximum Gasteiger partial charge on any atom is 0.330 e. The first-order valence-corrected chi connectivity index (χ1v) is 14.1. The summed E-state index contributed by atoms with van der Waals surface area (Å²) in [7, 11) is 0. The van der Waals surface area contributed by atoms with E-state index in [1.54, 1.807) is 6.08 Å². The van der Waals surface area contributed by atoms with E-state index in [0.717, 1.165) is 55.8 Å². The molecule has 8 rings (SSSR count). The molecular weight excluding hydrogens is 410 g/mol. The molecule has 0 saturated heterocycles. The van der Waals surface area contributed by atoms with E-state index < -0.39 is 0 Å². The van der Waals surface area contributed by atoms with Gasteiger partial charge in [0.25, 0.3) is 0 Å². The summed E-state index contributed by atoms with van der Waals surface area (Å²) in [5.41, 5.74) is 0.105. The second-order valence-electron chi connectivity index (χ2n) is 13.7. The number of ether oxygens (including phenoxy) is 1. The van der Waals surface area contributed by atoms with Crippen LogP contribution in [0.4, 0.5) is 0 Å². The second kappa shape index (κ2) is 7.10. The predicted molar refractivity (Wildman–Crippen MR) is 126 cm³/mol. The van der Waals surface area contributed by atoms with Gasteiger partial charge in [-0.05, 0) is 117 Å². The second-order valence-corrected chi connectivity index (χ2v) is 13.7. The van der Waals surface area contributed by atoms with E-state index in [-0.39, 0.29) is 28.8 Å². The smallest absolute Gasteiger partial charge is 0.330 e. The number of hydrogen-bond donors (Lipinski definition) is 1. The molecule has 0 aromatic rings. The molecule has 0 unspecified atom stereocenters. The highest BCUT2D eigenvalue weighted by Gasteiger charge is 2.62. The van der Waals surface area contributed by atoms with Gasteiger partial charge in [0.1, 0.15) is 6.10 Å². The minimum atomic E-state index is -0.168. The van der Waals surface area contributed by atoms with Crippen molar-refractivity contribution < 1.29 is 14.3 Å². The van der Waals surface area contributed by atoms with Crippen LogP contribution in [0.15, 0.2) is 12.2 Å². The molecule has 7 saturated carbocycles.